The van der Waals surface area contributed by atoms with Gasteiger partial charge in [0.2, 0.25) is 0 Å². The van der Waals surface area contributed by atoms with Crippen molar-refractivity contribution in [2.75, 3.05) is 6.61 Å². The van der Waals surface area contributed by atoms with E-state index in [2.05, 4.69) is 54.6 Å². The van der Waals surface area contributed by atoms with Crippen molar-refractivity contribution in [3.05, 3.63) is 0 Å². The van der Waals surface area contributed by atoms with E-state index >= 15 is 0 Å². The Bertz CT molecular complexity index is 241. The summed E-state index contributed by atoms with van der Waals surface area (Å²) in [6.45, 7) is 18.3. The first-order valence-electron chi connectivity index (χ1n) is 7.22. The van der Waals surface area contributed by atoms with Crippen LogP contribution in [-0.2, 0) is 4.43 Å². The van der Waals surface area contributed by atoms with Crippen molar-refractivity contribution in [1.82, 2.24) is 0 Å². The third-order valence-electron chi connectivity index (χ3n) is 4.13. The summed E-state index contributed by atoms with van der Waals surface area (Å²) in [6, 6.07) is 0. The Kier molecular flexibility index (Phi) is 6.58. The van der Waals surface area contributed by atoms with Gasteiger partial charge in [0.1, 0.15) is 0 Å². The van der Waals surface area contributed by atoms with Crippen LogP contribution in [0.2, 0.25) is 18.1 Å². The van der Waals surface area contributed by atoms with Gasteiger partial charge in [-0.15, -0.1) is 0 Å². The van der Waals surface area contributed by atoms with Gasteiger partial charge in [0, 0.05) is 6.61 Å². The Balaban J connectivity index is 4.31. The van der Waals surface area contributed by atoms with Crippen molar-refractivity contribution in [2.45, 2.75) is 84.5 Å². The van der Waals surface area contributed by atoms with E-state index in [4.69, 9.17) is 9.53 Å². The van der Waals surface area contributed by atoms with Gasteiger partial charge in [0.15, 0.2) is 8.32 Å². The highest BCUT2D eigenvalue weighted by atomic mass is 28.4. The van der Waals surface area contributed by atoms with E-state index in [0.717, 1.165) is 19.3 Å². The van der Waals surface area contributed by atoms with E-state index in [-0.39, 0.29) is 10.6 Å². The lowest BCUT2D eigenvalue weighted by molar-refractivity contribution is 0.0769. The molecule has 1 N–H and O–H groups in total. The standard InChI is InChI=1S/C15H34O2Si/c1-13(12-16)10-9-11-15(5,6)17-18(7,8)14(2,3)4/h13,16H,9-12H2,1-8H3. The van der Waals surface area contributed by atoms with Crippen LogP contribution in [0.15, 0.2) is 0 Å². The summed E-state index contributed by atoms with van der Waals surface area (Å²) < 4.78 is 6.48. The zero-order chi connectivity index (χ0) is 14.6. The molecule has 0 aromatic heterocycles. The van der Waals surface area contributed by atoms with Gasteiger partial charge in [-0.3, -0.25) is 0 Å². The van der Waals surface area contributed by atoms with Crippen LogP contribution >= 0.6 is 0 Å². The zero-order valence-electron chi connectivity index (χ0n) is 13.8. The second-order valence-corrected chi connectivity index (χ2v) is 12.5. The van der Waals surface area contributed by atoms with E-state index in [0.29, 0.717) is 12.5 Å². The van der Waals surface area contributed by atoms with Crippen molar-refractivity contribution < 1.29 is 9.53 Å². The molecule has 0 heterocycles. The monoisotopic (exact) mass is 274 g/mol. The third kappa shape index (κ3) is 6.35. The molecule has 0 amide bonds. The van der Waals surface area contributed by atoms with Gasteiger partial charge in [-0.2, -0.15) is 0 Å². The van der Waals surface area contributed by atoms with Crippen LogP contribution in [0.3, 0.4) is 0 Å². The van der Waals surface area contributed by atoms with Crippen molar-refractivity contribution in [2.24, 2.45) is 5.92 Å². The van der Waals surface area contributed by atoms with Gasteiger partial charge in [0.05, 0.1) is 5.60 Å². The van der Waals surface area contributed by atoms with Gasteiger partial charge in [-0.25, -0.2) is 0 Å². The summed E-state index contributed by atoms with van der Waals surface area (Å²) in [6.07, 6.45) is 3.29. The molecule has 0 aliphatic rings. The molecule has 3 heteroatoms. The van der Waals surface area contributed by atoms with E-state index in [1.807, 2.05) is 0 Å². The largest absolute Gasteiger partial charge is 0.412 e. The van der Waals surface area contributed by atoms with Gasteiger partial charge >= 0.3 is 0 Å². The van der Waals surface area contributed by atoms with E-state index < -0.39 is 8.32 Å². The topological polar surface area (TPSA) is 29.5 Å². The molecule has 110 valence electrons. The van der Waals surface area contributed by atoms with Crippen LogP contribution in [0.1, 0.15) is 60.8 Å². The number of hydrogen-bond acceptors (Lipinski definition) is 2. The first-order valence-corrected chi connectivity index (χ1v) is 10.1. The molecule has 0 saturated carbocycles. The van der Waals surface area contributed by atoms with Crippen molar-refractivity contribution >= 4 is 8.32 Å². The molecule has 0 bridgehead atoms. The molecule has 0 spiro atoms. The predicted molar refractivity (Wildman–Crippen MR) is 82.5 cm³/mol. The quantitative estimate of drug-likeness (QED) is 0.688. The van der Waals surface area contributed by atoms with Gasteiger partial charge in [-0.1, -0.05) is 34.1 Å². The Morgan fingerprint density at radius 2 is 1.61 bits per heavy atom. The SMILES string of the molecule is CC(CO)CCCC(C)(C)O[Si](C)(C)C(C)(C)C. The number of rotatable bonds is 7. The fourth-order valence-electron chi connectivity index (χ4n) is 1.86. The van der Waals surface area contributed by atoms with Gasteiger partial charge in [-0.05, 0) is 50.7 Å². The predicted octanol–water partition coefficient (Wildman–Crippen LogP) is 4.59. The number of hydrogen-bond donors (Lipinski definition) is 1. The minimum Gasteiger partial charge on any atom is -0.412 e. The van der Waals surface area contributed by atoms with Crippen LogP contribution < -0.4 is 0 Å². The molecule has 0 aromatic carbocycles. The van der Waals surface area contributed by atoms with Crippen LogP contribution in [0.25, 0.3) is 0 Å². The fourth-order valence-corrected chi connectivity index (χ4v) is 3.65. The summed E-state index contributed by atoms with van der Waals surface area (Å²) in [5, 5.41) is 9.30. The molecular formula is C15H34O2Si. The Hall–Kier alpha value is 0.137. The lowest BCUT2D eigenvalue weighted by Crippen LogP contribution is -2.47. The average Bonchev–Trinajstić information content (AvgIpc) is 2.13. The summed E-state index contributed by atoms with van der Waals surface area (Å²) in [5.74, 6) is 0.411. The van der Waals surface area contributed by atoms with E-state index in [1.165, 1.54) is 0 Å². The molecule has 0 aliphatic heterocycles. The molecule has 2 nitrogen and oxygen atoms in total. The number of aliphatic hydroxyl groups is 1. The number of aliphatic hydroxyl groups excluding tert-OH is 1. The molecule has 1 atom stereocenters. The lowest BCUT2D eigenvalue weighted by atomic mass is 9.97. The van der Waals surface area contributed by atoms with Crippen molar-refractivity contribution in [3.63, 3.8) is 0 Å². The third-order valence-corrected chi connectivity index (χ3v) is 8.80. The maximum absolute atomic E-state index is 9.03. The highest BCUT2D eigenvalue weighted by Crippen LogP contribution is 2.40. The molecule has 0 rings (SSSR count). The molecule has 0 aromatic rings. The molecule has 0 aliphatic carbocycles. The molecule has 18 heavy (non-hydrogen) atoms. The first-order chi connectivity index (χ1) is 7.91. The normalized spacial score (nSPS) is 15.8. The maximum atomic E-state index is 9.03. The molecule has 1 unspecified atom stereocenters. The van der Waals surface area contributed by atoms with E-state index in [9.17, 15) is 0 Å². The average molecular weight is 275 g/mol. The highest BCUT2D eigenvalue weighted by molar-refractivity contribution is 6.74. The molecule has 0 fully saturated rings. The molecular weight excluding hydrogens is 240 g/mol. The van der Waals surface area contributed by atoms with Crippen molar-refractivity contribution in [1.29, 1.82) is 0 Å². The first kappa shape index (κ1) is 18.1. The summed E-state index contributed by atoms with van der Waals surface area (Å²) in [4.78, 5) is 0. The van der Waals surface area contributed by atoms with Crippen LogP contribution in [0.4, 0.5) is 0 Å². The van der Waals surface area contributed by atoms with Crippen molar-refractivity contribution in [3.8, 4) is 0 Å². The molecule has 0 saturated heterocycles. The smallest absolute Gasteiger partial charge is 0.192 e. The highest BCUT2D eigenvalue weighted by Gasteiger charge is 2.41. The van der Waals surface area contributed by atoms with Gasteiger partial charge < -0.3 is 9.53 Å². The minimum absolute atomic E-state index is 0.0435. The van der Waals surface area contributed by atoms with Crippen LogP contribution in [0, 0.1) is 5.92 Å². The second kappa shape index (κ2) is 6.53. The van der Waals surface area contributed by atoms with Crippen LogP contribution in [0.5, 0.6) is 0 Å². The summed E-state index contributed by atoms with van der Waals surface area (Å²) in [7, 11) is -1.68. The molecule has 0 radical (unpaired) electrons. The Morgan fingerprint density at radius 3 is 2.00 bits per heavy atom. The Labute approximate surface area is 115 Å². The minimum atomic E-state index is -1.68. The van der Waals surface area contributed by atoms with E-state index in [1.54, 1.807) is 0 Å². The summed E-state index contributed by atoms with van der Waals surface area (Å²) >= 11 is 0. The second-order valence-electron chi connectivity index (χ2n) is 7.80. The van der Waals surface area contributed by atoms with Crippen LogP contribution in [-0.4, -0.2) is 25.6 Å². The lowest BCUT2D eigenvalue weighted by Gasteiger charge is -2.43. The zero-order valence-corrected chi connectivity index (χ0v) is 14.8. The summed E-state index contributed by atoms with van der Waals surface area (Å²) in [5.41, 5.74) is -0.0435. The van der Waals surface area contributed by atoms with Gasteiger partial charge in [0.25, 0.3) is 0 Å². The Morgan fingerprint density at radius 1 is 1.11 bits per heavy atom. The fraction of sp³-hybridized carbons (Fsp3) is 1.00. The maximum Gasteiger partial charge on any atom is 0.192 e.